The van der Waals surface area contributed by atoms with E-state index in [1.165, 1.54) is 10.9 Å². The Kier molecular flexibility index (Phi) is 2.59. The van der Waals surface area contributed by atoms with Crippen LogP contribution in [-0.2, 0) is 7.05 Å². The molecule has 1 aromatic carbocycles. The molecule has 2 N–H and O–H groups in total. The molecule has 2 aromatic heterocycles. The van der Waals surface area contributed by atoms with Crippen LogP contribution in [0.4, 0.5) is 5.69 Å². The lowest BCUT2D eigenvalue weighted by Crippen LogP contribution is -1.94. The van der Waals surface area contributed by atoms with Crippen molar-refractivity contribution in [3.63, 3.8) is 0 Å². The Hall–Kier alpha value is -1.81. The standard InChI is InChI=1S/C14H12BrN3/c1-18-13-4-2-3-11(15)10(13)7-14(18)12-6-5-9(16)8-17-12/h2-8H,16H2,1H3. The molecule has 0 amide bonds. The number of nitrogens with two attached hydrogens (primary N) is 1. The van der Waals surface area contributed by atoms with Crippen LogP contribution in [0.15, 0.2) is 47.1 Å². The molecule has 18 heavy (non-hydrogen) atoms. The van der Waals surface area contributed by atoms with E-state index in [2.05, 4.69) is 37.6 Å². The molecule has 2 heterocycles. The second-order valence-electron chi connectivity index (χ2n) is 4.24. The van der Waals surface area contributed by atoms with Crippen LogP contribution in [0, 0.1) is 0 Å². The monoisotopic (exact) mass is 301 g/mol. The fourth-order valence-electron chi connectivity index (χ4n) is 2.13. The van der Waals surface area contributed by atoms with Crippen LogP contribution in [0.1, 0.15) is 0 Å². The van der Waals surface area contributed by atoms with Crippen molar-refractivity contribution >= 4 is 32.5 Å². The summed E-state index contributed by atoms with van der Waals surface area (Å²) in [5.74, 6) is 0. The maximum atomic E-state index is 5.67. The summed E-state index contributed by atoms with van der Waals surface area (Å²) in [7, 11) is 2.04. The number of pyridine rings is 1. The zero-order valence-corrected chi connectivity index (χ0v) is 11.5. The number of hydrogen-bond donors (Lipinski definition) is 1. The Bertz CT molecular complexity index is 714. The highest BCUT2D eigenvalue weighted by atomic mass is 79.9. The Labute approximate surface area is 113 Å². The Morgan fingerprint density at radius 2 is 2.06 bits per heavy atom. The van der Waals surface area contributed by atoms with Crippen LogP contribution in [0.3, 0.4) is 0 Å². The second-order valence-corrected chi connectivity index (χ2v) is 5.09. The first kappa shape index (κ1) is 11.3. The molecule has 0 aliphatic rings. The lowest BCUT2D eigenvalue weighted by Gasteiger charge is -2.03. The molecule has 3 rings (SSSR count). The number of halogens is 1. The van der Waals surface area contributed by atoms with E-state index in [0.717, 1.165) is 15.9 Å². The van der Waals surface area contributed by atoms with Crippen molar-refractivity contribution in [3.05, 3.63) is 47.1 Å². The number of benzene rings is 1. The van der Waals surface area contributed by atoms with E-state index in [4.69, 9.17) is 5.73 Å². The Morgan fingerprint density at radius 1 is 1.22 bits per heavy atom. The van der Waals surface area contributed by atoms with Gasteiger partial charge in [-0.15, -0.1) is 0 Å². The molecule has 3 aromatic rings. The fourth-order valence-corrected chi connectivity index (χ4v) is 2.60. The molecule has 0 fully saturated rings. The highest BCUT2D eigenvalue weighted by Gasteiger charge is 2.10. The van der Waals surface area contributed by atoms with E-state index in [-0.39, 0.29) is 0 Å². The fraction of sp³-hybridized carbons (Fsp3) is 0.0714. The third-order valence-electron chi connectivity index (χ3n) is 3.08. The number of aromatic nitrogens is 2. The molecule has 3 nitrogen and oxygen atoms in total. The average molecular weight is 302 g/mol. The van der Waals surface area contributed by atoms with E-state index < -0.39 is 0 Å². The number of nitrogens with zero attached hydrogens (tertiary/aromatic N) is 2. The van der Waals surface area contributed by atoms with Gasteiger partial charge in [-0.05, 0) is 30.3 Å². The molecule has 4 heteroatoms. The van der Waals surface area contributed by atoms with Gasteiger partial charge in [0.25, 0.3) is 0 Å². The first-order chi connectivity index (χ1) is 8.66. The molecule has 0 radical (unpaired) electrons. The van der Waals surface area contributed by atoms with Gasteiger partial charge in [0.2, 0.25) is 0 Å². The molecule has 0 aliphatic heterocycles. The minimum atomic E-state index is 0.679. The lowest BCUT2D eigenvalue weighted by molar-refractivity contribution is 0.970. The zero-order chi connectivity index (χ0) is 12.7. The Morgan fingerprint density at radius 3 is 2.72 bits per heavy atom. The van der Waals surface area contributed by atoms with Crippen LogP contribution in [-0.4, -0.2) is 9.55 Å². The van der Waals surface area contributed by atoms with Gasteiger partial charge in [0, 0.05) is 22.4 Å². The first-order valence-corrected chi connectivity index (χ1v) is 6.42. The summed E-state index contributed by atoms with van der Waals surface area (Å²) in [6.07, 6.45) is 1.68. The topological polar surface area (TPSA) is 43.8 Å². The number of aryl methyl sites for hydroxylation is 1. The number of anilines is 1. The van der Waals surface area contributed by atoms with Crippen molar-refractivity contribution in [2.45, 2.75) is 0 Å². The van der Waals surface area contributed by atoms with Gasteiger partial charge in [0.1, 0.15) is 0 Å². The maximum Gasteiger partial charge on any atom is 0.0868 e. The van der Waals surface area contributed by atoms with Gasteiger partial charge in [-0.3, -0.25) is 4.98 Å². The largest absolute Gasteiger partial charge is 0.397 e. The van der Waals surface area contributed by atoms with Crippen molar-refractivity contribution in [1.82, 2.24) is 9.55 Å². The van der Waals surface area contributed by atoms with Crippen molar-refractivity contribution < 1.29 is 0 Å². The van der Waals surface area contributed by atoms with E-state index in [1.54, 1.807) is 6.20 Å². The van der Waals surface area contributed by atoms with Crippen LogP contribution in [0.2, 0.25) is 0 Å². The molecule has 0 saturated heterocycles. The normalized spacial score (nSPS) is 11.0. The summed E-state index contributed by atoms with van der Waals surface area (Å²) in [5, 5.41) is 1.19. The summed E-state index contributed by atoms with van der Waals surface area (Å²) in [6.45, 7) is 0. The minimum absolute atomic E-state index is 0.679. The predicted octanol–water partition coefficient (Wildman–Crippen LogP) is 3.59. The third-order valence-corrected chi connectivity index (χ3v) is 3.77. The van der Waals surface area contributed by atoms with Gasteiger partial charge >= 0.3 is 0 Å². The van der Waals surface area contributed by atoms with Crippen LogP contribution < -0.4 is 5.73 Å². The molecule has 90 valence electrons. The van der Waals surface area contributed by atoms with Crippen molar-refractivity contribution in [2.24, 2.45) is 7.05 Å². The summed E-state index contributed by atoms with van der Waals surface area (Å²) in [5.41, 5.74) is 9.53. The van der Waals surface area contributed by atoms with Gasteiger partial charge in [-0.1, -0.05) is 22.0 Å². The van der Waals surface area contributed by atoms with E-state index >= 15 is 0 Å². The molecule has 0 bridgehead atoms. The van der Waals surface area contributed by atoms with Crippen LogP contribution in [0.25, 0.3) is 22.3 Å². The van der Waals surface area contributed by atoms with Crippen LogP contribution >= 0.6 is 15.9 Å². The van der Waals surface area contributed by atoms with Gasteiger partial charge < -0.3 is 10.3 Å². The van der Waals surface area contributed by atoms with E-state index in [1.807, 2.05) is 31.3 Å². The number of fused-ring (bicyclic) bond motifs is 1. The van der Waals surface area contributed by atoms with Crippen molar-refractivity contribution in [1.29, 1.82) is 0 Å². The Balaban J connectivity index is 2.27. The highest BCUT2D eigenvalue weighted by molar-refractivity contribution is 9.10. The minimum Gasteiger partial charge on any atom is -0.397 e. The molecule has 0 aliphatic carbocycles. The molecule has 0 atom stereocenters. The zero-order valence-electron chi connectivity index (χ0n) is 9.89. The quantitative estimate of drug-likeness (QED) is 0.746. The average Bonchev–Trinajstić information content (AvgIpc) is 2.70. The third kappa shape index (κ3) is 1.69. The SMILES string of the molecule is Cn1c(-c2ccc(N)cn2)cc2c(Br)cccc21. The first-order valence-electron chi connectivity index (χ1n) is 5.62. The smallest absolute Gasteiger partial charge is 0.0868 e. The van der Waals surface area contributed by atoms with Gasteiger partial charge in [-0.2, -0.15) is 0 Å². The van der Waals surface area contributed by atoms with Crippen LogP contribution in [0.5, 0.6) is 0 Å². The van der Waals surface area contributed by atoms with Gasteiger partial charge in [0.15, 0.2) is 0 Å². The maximum absolute atomic E-state index is 5.67. The summed E-state index contributed by atoms with van der Waals surface area (Å²) >= 11 is 3.57. The molecular weight excluding hydrogens is 290 g/mol. The second kappa shape index (κ2) is 4.14. The van der Waals surface area contributed by atoms with Crippen molar-refractivity contribution in [3.8, 4) is 11.4 Å². The molecule has 0 saturated carbocycles. The number of hydrogen-bond acceptors (Lipinski definition) is 2. The van der Waals surface area contributed by atoms with Gasteiger partial charge in [0.05, 0.1) is 23.3 Å². The number of rotatable bonds is 1. The molecule has 0 unspecified atom stereocenters. The summed E-state index contributed by atoms with van der Waals surface area (Å²) in [6, 6.07) is 12.1. The summed E-state index contributed by atoms with van der Waals surface area (Å²) < 4.78 is 3.23. The van der Waals surface area contributed by atoms with Crippen molar-refractivity contribution in [2.75, 3.05) is 5.73 Å². The van der Waals surface area contributed by atoms with E-state index in [9.17, 15) is 0 Å². The number of nitrogen functional groups attached to an aromatic ring is 1. The molecule has 0 spiro atoms. The van der Waals surface area contributed by atoms with E-state index in [0.29, 0.717) is 5.69 Å². The lowest BCUT2D eigenvalue weighted by atomic mass is 10.2. The highest BCUT2D eigenvalue weighted by Crippen LogP contribution is 2.30. The van der Waals surface area contributed by atoms with Gasteiger partial charge in [-0.25, -0.2) is 0 Å². The molecular formula is C14H12BrN3. The summed E-state index contributed by atoms with van der Waals surface area (Å²) in [4.78, 5) is 4.37. The predicted molar refractivity (Wildman–Crippen MR) is 78.3 cm³/mol.